The number of carbonyl (C=O) groups is 1. The van der Waals surface area contributed by atoms with E-state index in [0.29, 0.717) is 5.69 Å². The first-order valence-electron chi connectivity index (χ1n) is 5.38. The first-order valence-corrected chi connectivity index (χ1v) is 5.38. The van der Waals surface area contributed by atoms with Gasteiger partial charge in [0.25, 0.3) is 0 Å². The van der Waals surface area contributed by atoms with E-state index >= 15 is 0 Å². The minimum atomic E-state index is -2.84. The molecule has 1 N–H and O–H groups in total. The highest BCUT2D eigenvalue weighted by Crippen LogP contribution is 2.18. The zero-order valence-electron chi connectivity index (χ0n) is 9.74. The molecule has 1 atom stereocenters. The van der Waals surface area contributed by atoms with Crippen molar-refractivity contribution >= 4 is 11.6 Å². The molecular weight excluding hydrogens is 228 g/mol. The van der Waals surface area contributed by atoms with E-state index in [0.717, 1.165) is 6.42 Å². The molecule has 1 amide bonds. The van der Waals surface area contributed by atoms with E-state index in [4.69, 9.17) is 0 Å². The first-order chi connectivity index (χ1) is 8.02. The summed E-state index contributed by atoms with van der Waals surface area (Å²) in [4.78, 5) is 11.5. The average molecular weight is 243 g/mol. The van der Waals surface area contributed by atoms with Gasteiger partial charge in [0, 0.05) is 11.6 Å². The topological polar surface area (TPSA) is 38.3 Å². The number of benzene rings is 1. The van der Waals surface area contributed by atoms with Crippen molar-refractivity contribution in [2.45, 2.75) is 26.9 Å². The largest absolute Gasteiger partial charge is 0.435 e. The molecule has 0 spiro atoms. The van der Waals surface area contributed by atoms with Gasteiger partial charge in [0.05, 0.1) is 0 Å². The molecule has 1 rings (SSSR count). The second kappa shape index (κ2) is 6.18. The zero-order chi connectivity index (χ0) is 12.8. The highest BCUT2D eigenvalue weighted by molar-refractivity contribution is 5.92. The van der Waals surface area contributed by atoms with Crippen LogP contribution in [0, 0.1) is 5.92 Å². The third-order valence-corrected chi connectivity index (χ3v) is 2.41. The maximum absolute atomic E-state index is 11.9. The van der Waals surface area contributed by atoms with Crippen molar-refractivity contribution < 1.29 is 18.3 Å². The van der Waals surface area contributed by atoms with Crippen LogP contribution in [0.2, 0.25) is 0 Å². The third-order valence-electron chi connectivity index (χ3n) is 2.41. The Hall–Kier alpha value is -1.65. The molecule has 1 unspecified atom stereocenters. The normalized spacial score (nSPS) is 12.3. The van der Waals surface area contributed by atoms with E-state index in [1.807, 2.05) is 13.8 Å². The van der Waals surface area contributed by atoms with Crippen molar-refractivity contribution in [2.75, 3.05) is 5.32 Å². The number of rotatable bonds is 5. The number of halogens is 2. The lowest BCUT2D eigenvalue weighted by molar-refractivity contribution is -0.119. The fourth-order valence-corrected chi connectivity index (χ4v) is 1.17. The Morgan fingerprint density at radius 1 is 1.35 bits per heavy atom. The molecule has 5 heteroatoms. The van der Waals surface area contributed by atoms with Crippen LogP contribution in [0.5, 0.6) is 5.75 Å². The number of nitrogens with one attached hydrogen (secondary N) is 1. The number of anilines is 1. The molecule has 0 bridgehead atoms. The standard InChI is InChI=1S/C12H15F2NO2/c1-3-8(2)11(16)15-9-4-6-10(7-5-9)17-12(13)14/h4-8,12H,3H2,1-2H3,(H,15,16). The number of hydrogen-bond donors (Lipinski definition) is 1. The predicted octanol–water partition coefficient (Wildman–Crippen LogP) is 3.27. The number of ether oxygens (including phenoxy) is 1. The van der Waals surface area contributed by atoms with Crippen LogP contribution in [0.15, 0.2) is 24.3 Å². The molecule has 0 aliphatic carbocycles. The molecule has 0 aromatic heterocycles. The van der Waals surface area contributed by atoms with Gasteiger partial charge >= 0.3 is 6.61 Å². The van der Waals surface area contributed by atoms with Gasteiger partial charge in [-0.05, 0) is 30.7 Å². The van der Waals surface area contributed by atoms with Crippen LogP contribution in [0.3, 0.4) is 0 Å². The van der Waals surface area contributed by atoms with Gasteiger partial charge in [-0.1, -0.05) is 13.8 Å². The molecule has 0 fully saturated rings. The fraction of sp³-hybridized carbons (Fsp3) is 0.417. The van der Waals surface area contributed by atoms with Crippen molar-refractivity contribution in [3.63, 3.8) is 0 Å². The van der Waals surface area contributed by atoms with Crippen LogP contribution in [0.25, 0.3) is 0 Å². The van der Waals surface area contributed by atoms with Crippen LogP contribution in [-0.4, -0.2) is 12.5 Å². The molecule has 17 heavy (non-hydrogen) atoms. The number of hydrogen-bond acceptors (Lipinski definition) is 2. The highest BCUT2D eigenvalue weighted by Gasteiger charge is 2.10. The van der Waals surface area contributed by atoms with Gasteiger partial charge in [-0.15, -0.1) is 0 Å². The van der Waals surface area contributed by atoms with E-state index in [-0.39, 0.29) is 17.6 Å². The molecular formula is C12H15F2NO2. The monoisotopic (exact) mass is 243 g/mol. The van der Waals surface area contributed by atoms with Crippen LogP contribution in [0.4, 0.5) is 14.5 Å². The van der Waals surface area contributed by atoms with Gasteiger partial charge in [0.1, 0.15) is 5.75 Å². The summed E-state index contributed by atoms with van der Waals surface area (Å²) in [5.74, 6) is -0.0939. The zero-order valence-corrected chi connectivity index (χ0v) is 9.74. The lowest BCUT2D eigenvalue weighted by atomic mass is 10.1. The summed E-state index contributed by atoms with van der Waals surface area (Å²) in [5.41, 5.74) is 0.567. The van der Waals surface area contributed by atoms with Crippen LogP contribution in [-0.2, 0) is 4.79 Å². The SMILES string of the molecule is CCC(C)C(=O)Nc1ccc(OC(F)F)cc1. The molecule has 0 aliphatic heterocycles. The van der Waals surface area contributed by atoms with Gasteiger partial charge < -0.3 is 10.1 Å². The van der Waals surface area contributed by atoms with Gasteiger partial charge in [-0.3, -0.25) is 4.79 Å². The lowest BCUT2D eigenvalue weighted by Gasteiger charge is -2.10. The third kappa shape index (κ3) is 4.38. The lowest BCUT2D eigenvalue weighted by Crippen LogP contribution is -2.19. The minimum Gasteiger partial charge on any atom is -0.435 e. The Morgan fingerprint density at radius 2 is 1.94 bits per heavy atom. The smallest absolute Gasteiger partial charge is 0.387 e. The summed E-state index contributed by atoms with van der Waals surface area (Å²) in [6.07, 6.45) is 0.748. The molecule has 0 saturated heterocycles. The number of carbonyl (C=O) groups excluding carboxylic acids is 1. The van der Waals surface area contributed by atoms with E-state index in [1.165, 1.54) is 24.3 Å². The van der Waals surface area contributed by atoms with E-state index in [9.17, 15) is 13.6 Å². The molecule has 94 valence electrons. The Morgan fingerprint density at radius 3 is 2.41 bits per heavy atom. The Bertz CT molecular complexity index is 365. The molecule has 3 nitrogen and oxygen atoms in total. The summed E-state index contributed by atoms with van der Waals surface area (Å²) in [6, 6.07) is 5.83. The maximum Gasteiger partial charge on any atom is 0.387 e. The summed E-state index contributed by atoms with van der Waals surface area (Å²) < 4.78 is 28.0. The van der Waals surface area contributed by atoms with Gasteiger partial charge in [-0.2, -0.15) is 8.78 Å². The predicted molar refractivity (Wildman–Crippen MR) is 61.2 cm³/mol. The molecule has 0 heterocycles. The molecule has 0 aliphatic rings. The van der Waals surface area contributed by atoms with Gasteiger partial charge in [-0.25, -0.2) is 0 Å². The highest BCUT2D eigenvalue weighted by atomic mass is 19.3. The summed E-state index contributed by atoms with van der Waals surface area (Å²) in [6.45, 7) is 0.906. The molecule has 1 aromatic carbocycles. The molecule has 1 aromatic rings. The average Bonchev–Trinajstić information content (AvgIpc) is 2.30. The number of amides is 1. The van der Waals surface area contributed by atoms with Crippen LogP contribution < -0.4 is 10.1 Å². The van der Waals surface area contributed by atoms with E-state index < -0.39 is 6.61 Å². The van der Waals surface area contributed by atoms with E-state index in [2.05, 4.69) is 10.1 Å². The summed E-state index contributed by atoms with van der Waals surface area (Å²) >= 11 is 0. The Balaban J connectivity index is 2.59. The second-order valence-electron chi connectivity index (χ2n) is 3.70. The van der Waals surface area contributed by atoms with Crippen molar-refractivity contribution in [1.82, 2.24) is 0 Å². The van der Waals surface area contributed by atoms with Crippen LogP contribution >= 0.6 is 0 Å². The first kappa shape index (κ1) is 13.4. The maximum atomic E-state index is 11.9. The van der Waals surface area contributed by atoms with Crippen molar-refractivity contribution in [1.29, 1.82) is 0 Å². The molecule has 0 saturated carbocycles. The van der Waals surface area contributed by atoms with Crippen molar-refractivity contribution in [2.24, 2.45) is 5.92 Å². The second-order valence-corrected chi connectivity index (χ2v) is 3.70. The molecule has 0 radical (unpaired) electrons. The number of alkyl halides is 2. The minimum absolute atomic E-state index is 0.0709. The van der Waals surface area contributed by atoms with Crippen molar-refractivity contribution in [3.05, 3.63) is 24.3 Å². The quantitative estimate of drug-likeness (QED) is 0.861. The Kier molecular flexibility index (Phi) is 4.87. The summed E-state index contributed by atoms with van der Waals surface area (Å²) in [7, 11) is 0. The Labute approximate surface area is 98.8 Å². The fourth-order valence-electron chi connectivity index (χ4n) is 1.17. The summed E-state index contributed by atoms with van der Waals surface area (Å²) in [5, 5.41) is 2.69. The van der Waals surface area contributed by atoms with E-state index in [1.54, 1.807) is 0 Å². The van der Waals surface area contributed by atoms with Gasteiger partial charge in [0.15, 0.2) is 0 Å². The van der Waals surface area contributed by atoms with Crippen LogP contribution in [0.1, 0.15) is 20.3 Å². The van der Waals surface area contributed by atoms with Gasteiger partial charge in [0.2, 0.25) is 5.91 Å². The van der Waals surface area contributed by atoms with Crippen molar-refractivity contribution in [3.8, 4) is 5.75 Å².